The molecule has 0 bridgehead atoms. The third-order valence-electron chi connectivity index (χ3n) is 2.24. The van der Waals surface area contributed by atoms with Crippen molar-refractivity contribution in [1.29, 1.82) is 0 Å². The van der Waals surface area contributed by atoms with E-state index in [-0.39, 0.29) is 0 Å². The van der Waals surface area contributed by atoms with Crippen molar-refractivity contribution in [2.75, 3.05) is 20.3 Å². The molecule has 0 saturated carbocycles. The molecule has 0 amide bonds. The molecule has 0 unspecified atom stereocenters. The molecule has 0 aliphatic rings. The Hall–Kier alpha value is -1.35. The molecule has 1 aromatic rings. The molecule has 1 rings (SSSR count). The second-order valence-electron chi connectivity index (χ2n) is 3.31. The fourth-order valence-corrected chi connectivity index (χ4v) is 1.26. The Morgan fingerprint density at radius 3 is 2.53 bits per heavy atom. The molecule has 82 valence electrons. The van der Waals surface area contributed by atoms with Crippen LogP contribution in [0.4, 0.5) is 0 Å². The van der Waals surface area contributed by atoms with E-state index in [4.69, 9.17) is 10.5 Å². The maximum absolute atomic E-state index is 5.82. The van der Waals surface area contributed by atoms with Gasteiger partial charge in [-0.25, -0.2) is 0 Å². The molecule has 0 saturated heterocycles. The molecule has 0 spiro atoms. The van der Waals surface area contributed by atoms with Crippen molar-refractivity contribution < 1.29 is 4.74 Å². The van der Waals surface area contributed by atoms with Gasteiger partial charge in [-0.1, -0.05) is 31.2 Å². The molecule has 0 radical (unpaired) electrons. The standard InChI is InChI=1S/C12H18N2O/c1-3-10-4-6-11(7-5-10)12(13)14-8-9-15-2/h4-7H,3,8-9H2,1-2H3,(H2,13,14). The average molecular weight is 206 g/mol. The highest BCUT2D eigenvalue weighted by Crippen LogP contribution is 2.04. The molecule has 0 aliphatic carbocycles. The van der Waals surface area contributed by atoms with Crippen LogP contribution in [0.2, 0.25) is 0 Å². The lowest BCUT2D eigenvalue weighted by Gasteiger charge is -2.02. The van der Waals surface area contributed by atoms with Crippen LogP contribution in [0.25, 0.3) is 0 Å². The molecule has 0 aromatic heterocycles. The quantitative estimate of drug-likeness (QED) is 0.452. The number of aryl methyl sites for hydroxylation is 1. The summed E-state index contributed by atoms with van der Waals surface area (Å²) in [5.74, 6) is 0.578. The minimum absolute atomic E-state index is 0.578. The Kier molecular flexibility index (Phi) is 4.84. The summed E-state index contributed by atoms with van der Waals surface area (Å²) in [4.78, 5) is 4.21. The van der Waals surface area contributed by atoms with Crippen LogP contribution in [0.5, 0.6) is 0 Å². The second-order valence-corrected chi connectivity index (χ2v) is 3.31. The molecule has 0 heterocycles. The molecule has 1 aromatic carbocycles. The largest absolute Gasteiger partial charge is 0.384 e. The van der Waals surface area contributed by atoms with Crippen LogP contribution in [0.15, 0.2) is 29.3 Å². The number of ether oxygens (including phenoxy) is 1. The maximum atomic E-state index is 5.82. The van der Waals surface area contributed by atoms with Crippen LogP contribution in [0, 0.1) is 0 Å². The van der Waals surface area contributed by atoms with E-state index in [1.165, 1.54) is 5.56 Å². The van der Waals surface area contributed by atoms with Gasteiger partial charge in [0.25, 0.3) is 0 Å². The van der Waals surface area contributed by atoms with Gasteiger partial charge in [0.2, 0.25) is 0 Å². The molecule has 2 N–H and O–H groups in total. The van der Waals surface area contributed by atoms with Gasteiger partial charge in [-0.05, 0) is 12.0 Å². The van der Waals surface area contributed by atoms with E-state index in [2.05, 4.69) is 24.0 Å². The Morgan fingerprint density at radius 2 is 2.00 bits per heavy atom. The zero-order valence-electron chi connectivity index (χ0n) is 9.36. The van der Waals surface area contributed by atoms with Crippen molar-refractivity contribution in [2.24, 2.45) is 10.7 Å². The fourth-order valence-electron chi connectivity index (χ4n) is 1.26. The highest BCUT2D eigenvalue weighted by atomic mass is 16.5. The van der Waals surface area contributed by atoms with Crippen LogP contribution in [-0.2, 0) is 11.2 Å². The summed E-state index contributed by atoms with van der Waals surface area (Å²) in [6.07, 6.45) is 1.04. The van der Waals surface area contributed by atoms with E-state index >= 15 is 0 Å². The topological polar surface area (TPSA) is 47.6 Å². The third-order valence-corrected chi connectivity index (χ3v) is 2.24. The predicted octanol–water partition coefficient (Wildman–Crippen LogP) is 1.60. The van der Waals surface area contributed by atoms with Crippen LogP contribution in [-0.4, -0.2) is 26.1 Å². The van der Waals surface area contributed by atoms with E-state index in [9.17, 15) is 0 Å². The van der Waals surface area contributed by atoms with Gasteiger partial charge in [-0.3, -0.25) is 4.99 Å². The first-order valence-electron chi connectivity index (χ1n) is 5.16. The number of nitrogens with zero attached hydrogens (tertiary/aromatic N) is 1. The first-order chi connectivity index (χ1) is 7.27. The molecule has 0 aliphatic heterocycles. The van der Waals surface area contributed by atoms with Gasteiger partial charge in [0.1, 0.15) is 5.84 Å². The number of aliphatic imine (C=N–C) groups is 1. The van der Waals surface area contributed by atoms with E-state index < -0.39 is 0 Å². The smallest absolute Gasteiger partial charge is 0.125 e. The van der Waals surface area contributed by atoms with Gasteiger partial charge in [0.15, 0.2) is 0 Å². The lowest BCUT2D eigenvalue weighted by molar-refractivity contribution is 0.208. The molecule has 15 heavy (non-hydrogen) atoms. The van der Waals surface area contributed by atoms with Crippen molar-refractivity contribution >= 4 is 5.84 Å². The van der Waals surface area contributed by atoms with Gasteiger partial charge in [-0.2, -0.15) is 0 Å². The summed E-state index contributed by atoms with van der Waals surface area (Å²) in [5, 5.41) is 0. The van der Waals surface area contributed by atoms with Crippen molar-refractivity contribution in [2.45, 2.75) is 13.3 Å². The van der Waals surface area contributed by atoms with Crippen molar-refractivity contribution in [3.05, 3.63) is 35.4 Å². The van der Waals surface area contributed by atoms with E-state index in [1.54, 1.807) is 7.11 Å². The number of hydrogen-bond donors (Lipinski definition) is 1. The summed E-state index contributed by atoms with van der Waals surface area (Å²) >= 11 is 0. The van der Waals surface area contributed by atoms with Crippen LogP contribution in [0.1, 0.15) is 18.1 Å². The summed E-state index contributed by atoms with van der Waals surface area (Å²) in [7, 11) is 1.65. The van der Waals surface area contributed by atoms with Crippen molar-refractivity contribution in [3.8, 4) is 0 Å². The molecule has 3 heteroatoms. The minimum atomic E-state index is 0.578. The van der Waals surface area contributed by atoms with Crippen LogP contribution < -0.4 is 5.73 Å². The van der Waals surface area contributed by atoms with E-state index in [0.29, 0.717) is 19.0 Å². The van der Waals surface area contributed by atoms with Crippen molar-refractivity contribution in [3.63, 3.8) is 0 Å². The molecule has 3 nitrogen and oxygen atoms in total. The number of benzene rings is 1. The number of rotatable bonds is 5. The second kappa shape index (κ2) is 6.19. The number of methoxy groups -OCH3 is 1. The van der Waals surface area contributed by atoms with E-state index in [0.717, 1.165) is 12.0 Å². The molecular weight excluding hydrogens is 188 g/mol. The van der Waals surface area contributed by atoms with Crippen LogP contribution >= 0.6 is 0 Å². The van der Waals surface area contributed by atoms with Gasteiger partial charge < -0.3 is 10.5 Å². The highest BCUT2D eigenvalue weighted by Gasteiger charge is 1.97. The minimum Gasteiger partial charge on any atom is -0.384 e. The summed E-state index contributed by atoms with van der Waals surface area (Å²) < 4.78 is 4.90. The first kappa shape index (κ1) is 11.7. The van der Waals surface area contributed by atoms with Crippen LogP contribution in [0.3, 0.4) is 0 Å². The predicted molar refractivity (Wildman–Crippen MR) is 63.3 cm³/mol. The Bertz CT molecular complexity index is 317. The van der Waals surface area contributed by atoms with Crippen molar-refractivity contribution in [1.82, 2.24) is 0 Å². The van der Waals surface area contributed by atoms with Gasteiger partial charge in [-0.15, -0.1) is 0 Å². The highest BCUT2D eigenvalue weighted by molar-refractivity contribution is 5.97. The maximum Gasteiger partial charge on any atom is 0.125 e. The Morgan fingerprint density at radius 1 is 1.33 bits per heavy atom. The van der Waals surface area contributed by atoms with E-state index in [1.807, 2.05) is 12.1 Å². The Balaban J connectivity index is 2.65. The monoisotopic (exact) mass is 206 g/mol. The molecular formula is C12H18N2O. The number of hydrogen-bond acceptors (Lipinski definition) is 2. The summed E-state index contributed by atoms with van der Waals surface area (Å²) in [6, 6.07) is 8.16. The lowest BCUT2D eigenvalue weighted by atomic mass is 10.1. The third kappa shape index (κ3) is 3.72. The normalized spacial score (nSPS) is 11.7. The zero-order valence-corrected chi connectivity index (χ0v) is 9.36. The summed E-state index contributed by atoms with van der Waals surface area (Å²) in [6.45, 7) is 3.34. The number of amidine groups is 1. The molecule has 0 atom stereocenters. The number of nitrogens with two attached hydrogens (primary N) is 1. The molecule has 0 fully saturated rings. The zero-order chi connectivity index (χ0) is 11.1. The Labute approximate surface area is 91.0 Å². The first-order valence-corrected chi connectivity index (χ1v) is 5.16. The fraction of sp³-hybridized carbons (Fsp3) is 0.417. The average Bonchev–Trinajstić information content (AvgIpc) is 2.29. The summed E-state index contributed by atoms with van der Waals surface area (Å²) in [5.41, 5.74) is 8.11. The van der Waals surface area contributed by atoms with Gasteiger partial charge in [0, 0.05) is 12.7 Å². The lowest BCUT2D eigenvalue weighted by Crippen LogP contribution is -2.14. The SMILES string of the molecule is CCc1ccc(C(N)=NCCOC)cc1. The van der Waals surface area contributed by atoms with Gasteiger partial charge >= 0.3 is 0 Å². The van der Waals surface area contributed by atoms with Gasteiger partial charge in [0.05, 0.1) is 13.2 Å².